The van der Waals surface area contributed by atoms with E-state index in [4.69, 9.17) is 16.3 Å². The maximum absolute atomic E-state index is 12.5. The molecule has 2 amide bonds. The van der Waals surface area contributed by atoms with Gasteiger partial charge in [-0.1, -0.05) is 11.6 Å². The molecule has 0 aromatic heterocycles. The van der Waals surface area contributed by atoms with E-state index in [2.05, 4.69) is 10.6 Å². The standard InChI is InChI=1S/C20H23ClN2O3/c1-12-10-16(17(26-5)11-15(12)21)22-18(24)13-6-8-14(9-7-13)19(25)23-20(2,3)4/h6-11H,1-5H3,(H,22,24)(H,23,25). The Labute approximate surface area is 158 Å². The number of hydrogen-bond donors (Lipinski definition) is 2. The van der Waals surface area contributed by atoms with Crippen LogP contribution in [0.3, 0.4) is 0 Å². The van der Waals surface area contributed by atoms with Gasteiger partial charge in [0.1, 0.15) is 5.75 Å². The number of anilines is 1. The van der Waals surface area contributed by atoms with Gasteiger partial charge in [-0.15, -0.1) is 0 Å². The van der Waals surface area contributed by atoms with Crippen molar-refractivity contribution in [2.24, 2.45) is 0 Å². The van der Waals surface area contributed by atoms with Crippen LogP contribution in [0, 0.1) is 6.92 Å². The second-order valence-corrected chi connectivity index (χ2v) is 7.44. The number of methoxy groups -OCH3 is 1. The summed E-state index contributed by atoms with van der Waals surface area (Å²) in [6.07, 6.45) is 0. The van der Waals surface area contributed by atoms with Crippen molar-refractivity contribution in [2.45, 2.75) is 33.2 Å². The SMILES string of the molecule is COc1cc(Cl)c(C)cc1NC(=O)c1ccc(C(=O)NC(C)(C)C)cc1. The zero-order valence-corrected chi connectivity index (χ0v) is 16.3. The Kier molecular flexibility index (Phi) is 5.93. The Morgan fingerprint density at radius 1 is 1.00 bits per heavy atom. The van der Waals surface area contributed by atoms with Crippen molar-refractivity contribution in [2.75, 3.05) is 12.4 Å². The number of carbonyl (C=O) groups is 2. The second kappa shape index (κ2) is 7.79. The van der Waals surface area contributed by atoms with Crippen LogP contribution in [0.2, 0.25) is 5.02 Å². The molecule has 2 aromatic carbocycles. The molecule has 0 spiro atoms. The number of rotatable bonds is 4. The average Bonchev–Trinajstić information content (AvgIpc) is 2.56. The van der Waals surface area contributed by atoms with Crippen molar-refractivity contribution in [3.8, 4) is 5.75 Å². The zero-order valence-electron chi connectivity index (χ0n) is 15.6. The second-order valence-electron chi connectivity index (χ2n) is 7.04. The van der Waals surface area contributed by atoms with Crippen LogP contribution in [0.1, 0.15) is 47.1 Å². The summed E-state index contributed by atoms with van der Waals surface area (Å²) in [4.78, 5) is 24.6. The van der Waals surface area contributed by atoms with Gasteiger partial charge in [0.05, 0.1) is 12.8 Å². The van der Waals surface area contributed by atoms with Crippen molar-refractivity contribution in [1.82, 2.24) is 5.32 Å². The fraction of sp³-hybridized carbons (Fsp3) is 0.300. The first kappa shape index (κ1) is 19.8. The predicted octanol–water partition coefficient (Wildman–Crippen LogP) is 4.44. The van der Waals surface area contributed by atoms with Crippen LogP contribution in [-0.4, -0.2) is 24.5 Å². The molecule has 0 saturated carbocycles. The lowest BCUT2D eigenvalue weighted by Gasteiger charge is -2.20. The van der Waals surface area contributed by atoms with E-state index >= 15 is 0 Å². The molecule has 0 saturated heterocycles. The number of hydrogen-bond acceptors (Lipinski definition) is 3. The number of aryl methyl sites for hydroxylation is 1. The number of amides is 2. The molecule has 2 N–H and O–H groups in total. The zero-order chi connectivity index (χ0) is 19.5. The first-order valence-corrected chi connectivity index (χ1v) is 8.56. The van der Waals surface area contributed by atoms with Gasteiger partial charge < -0.3 is 15.4 Å². The first-order chi connectivity index (χ1) is 12.1. The number of halogens is 1. The van der Waals surface area contributed by atoms with Gasteiger partial charge in [0.15, 0.2) is 0 Å². The van der Waals surface area contributed by atoms with Crippen LogP contribution in [0.15, 0.2) is 36.4 Å². The van der Waals surface area contributed by atoms with Crippen LogP contribution >= 0.6 is 11.6 Å². The molecule has 6 heteroatoms. The van der Waals surface area contributed by atoms with Crippen LogP contribution in [0.4, 0.5) is 5.69 Å². The van der Waals surface area contributed by atoms with E-state index < -0.39 is 0 Å². The normalized spacial score (nSPS) is 11.0. The lowest BCUT2D eigenvalue weighted by Crippen LogP contribution is -2.40. The van der Waals surface area contributed by atoms with Crippen LogP contribution in [-0.2, 0) is 0 Å². The van der Waals surface area contributed by atoms with Crippen molar-refractivity contribution in [3.05, 3.63) is 58.1 Å². The highest BCUT2D eigenvalue weighted by molar-refractivity contribution is 6.31. The van der Waals surface area contributed by atoms with Crippen molar-refractivity contribution < 1.29 is 14.3 Å². The predicted molar refractivity (Wildman–Crippen MR) is 104 cm³/mol. The minimum absolute atomic E-state index is 0.181. The van der Waals surface area contributed by atoms with Gasteiger partial charge in [-0.3, -0.25) is 9.59 Å². The Bertz CT molecular complexity index is 824. The molecule has 138 valence electrons. The van der Waals surface area contributed by atoms with E-state index in [0.717, 1.165) is 5.56 Å². The maximum atomic E-state index is 12.5. The molecule has 0 aliphatic heterocycles. The third-order valence-corrected chi connectivity index (χ3v) is 4.03. The topological polar surface area (TPSA) is 67.4 Å². The molecule has 0 radical (unpaired) electrons. The highest BCUT2D eigenvalue weighted by Gasteiger charge is 2.16. The molecule has 2 rings (SSSR count). The third kappa shape index (κ3) is 4.99. The molecular formula is C20H23ClN2O3. The Morgan fingerprint density at radius 3 is 2.04 bits per heavy atom. The average molecular weight is 375 g/mol. The number of carbonyl (C=O) groups excluding carboxylic acids is 2. The summed E-state index contributed by atoms with van der Waals surface area (Å²) in [6.45, 7) is 7.58. The van der Waals surface area contributed by atoms with Gasteiger partial charge in [0, 0.05) is 27.8 Å². The Hall–Kier alpha value is -2.53. The lowest BCUT2D eigenvalue weighted by molar-refractivity contribution is 0.0918. The molecule has 0 heterocycles. The van der Waals surface area contributed by atoms with Gasteiger partial charge in [-0.2, -0.15) is 0 Å². The molecule has 0 unspecified atom stereocenters. The highest BCUT2D eigenvalue weighted by Crippen LogP contribution is 2.31. The summed E-state index contributed by atoms with van der Waals surface area (Å²) in [7, 11) is 1.51. The third-order valence-electron chi connectivity index (χ3n) is 3.63. The summed E-state index contributed by atoms with van der Waals surface area (Å²) in [5, 5.41) is 6.26. The van der Waals surface area contributed by atoms with Gasteiger partial charge in [0.25, 0.3) is 11.8 Å². The van der Waals surface area contributed by atoms with Crippen LogP contribution in [0.25, 0.3) is 0 Å². The minimum Gasteiger partial charge on any atom is -0.495 e. The Morgan fingerprint density at radius 2 is 1.54 bits per heavy atom. The summed E-state index contributed by atoms with van der Waals surface area (Å²) in [5.41, 5.74) is 1.98. The van der Waals surface area contributed by atoms with E-state index in [1.807, 2.05) is 27.7 Å². The van der Waals surface area contributed by atoms with Gasteiger partial charge >= 0.3 is 0 Å². The van der Waals surface area contributed by atoms with Gasteiger partial charge in [-0.25, -0.2) is 0 Å². The smallest absolute Gasteiger partial charge is 0.255 e. The molecule has 0 aliphatic rings. The molecule has 5 nitrogen and oxygen atoms in total. The largest absolute Gasteiger partial charge is 0.495 e. The fourth-order valence-corrected chi connectivity index (χ4v) is 2.46. The van der Waals surface area contributed by atoms with E-state index in [1.165, 1.54) is 7.11 Å². The highest BCUT2D eigenvalue weighted by atomic mass is 35.5. The van der Waals surface area contributed by atoms with E-state index in [1.54, 1.807) is 36.4 Å². The summed E-state index contributed by atoms with van der Waals surface area (Å²) in [6, 6.07) is 9.89. The van der Waals surface area contributed by atoms with E-state index in [-0.39, 0.29) is 17.4 Å². The van der Waals surface area contributed by atoms with Crippen LogP contribution < -0.4 is 15.4 Å². The monoisotopic (exact) mass is 374 g/mol. The molecule has 2 aromatic rings. The molecule has 26 heavy (non-hydrogen) atoms. The number of nitrogens with one attached hydrogen (secondary N) is 2. The molecule has 0 aliphatic carbocycles. The van der Waals surface area contributed by atoms with Gasteiger partial charge in [0.2, 0.25) is 0 Å². The Balaban J connectivity index is 2.16. The molecule has 0 bridgehead atoms. The fourth-order valence-electron chi connectivity index (χ4n) is 2.31. The summed E-state index contributed by atoms with van der Waals surface area (Å²) < 4.78 is 5.26. The molecule has 0 fully saturated rings. The quantitative estimate of drug-likeness (QED) is 0.831. The number of ether oxygens (including phenoxy) is 1. The van der Waals surface area contributed by atoms with Crippen LogP contribution in [0.5, 0.6) is 5.75 Å². The van der Waals surface area contributed by atoms with Crippen molar-refractivity contribution in [1.29, 1.82) is 0 Å². The lowest BCUT2D eigenvalue weighted by atomic mass is 10.1. The maximum Gasteiger partial charge on any atom is 0.255 e. The molecule has 0 atom stereocenters. The minimum atomic E-state index is -0.323. The van der Waals surface area contributed by atoms with E-state index in [9.17, 15) is 9.59 Å². The summed E-state index contributed by atoms with van der Waals surface area (Å²) in [5.74, 6) is 0.00220. The van der Waals surface area contributed by atoms with E-state index in [0.29, 0.717) is 27.6 Å². The summed E-state index contributed by atoms with van der Waals surface area (Å²) >= 11 is 6.08. The van der Waals surface area contributed by atoms with Crippen molar-refractivity contribution in [3.63, 3.8) is 0 Å². The molecular weight excluding hydrogens is 352 g/mol. The first-order valence-electron chi connectivity index (χ1n) is 8.19. The number of benzene rings is 2. The van der Waals surface area contributed by atoms with Gasteiger partial charge in [-0.05, 0) is 63.6 Å². The van der Waals surface area contributed by atoms with Crippen molar-refractivity contribution >= 4 is 29.1 Å².